The SMILES string of the molecule is CC(N)C(=O)Nc1ccc(N2C(C)CCCC2C)cn1. The van der Waals surface area contributed by atoms with Crippen LogP contribution in [0.25, 0.3) is 0 Å². The third kappa shape index (κ3) is 3.28. The minimum atomic E-state index is -0.529. The Labute approximate surface area is 120 Å². The maximum atomic E-state index is 11.5. The summed E-state index contributed by atoms with van der Waals surface area (Å²) in [6.45, 7) is 6.16. The van der Waals surface area contributed by atoms with Gasteiger partial charge in [-0.05, 0) is 52.2 Å². The van der Waals surface area contributed by atoms with E-state index in [1.54, 1.807) is 6.92 Å². The average molecular weight is 276 g/mol. The van der Waals surface area contributed by atoms with Gasteiger partial charge in [0.15, 0.2) is 0 Å². The minimum absolute atomic E-state index is 0.218. The van der Waals surface area contributed by atoms with E-state index >= 15 is 0 Å². The predicted molar refractivity (Wildman–Crippen MR) is 81.8 cm³/mol. The number of anilines is 2. The largest absolute Gasteiger partial charge is 0.365 e. The number of nitrogens with zero attached hydrogens (tertiary/aromatic N) is 2. The Morgan fingerprint density at radius 2 is 2.05 bits per heavy atom. The second kappa shape index (κ2) is 6.22. The summed E-state index contributed by atoms with van der Waals surface area (Å²) >= 11 is 0. The van der Waals surface area contributed by atoms with Gasteiger partial charge in [-0.2, -0.15) is 0 Å². The molecule has 5 nitrogen and oxygen atoms in total. The smallest absolute Gasteiger partial charge is 0.242 e. The van der Waals surface area contributed by atoms with Crippen molar-refractivity contribution in [3.05, 3.63) is 18.3 Å². The topological polar surface area (TPSA) is 71.2 Å². The van der Waals surface area contributed by atoms with Crippen LogP contribution in [0.1, 0.15) is 40.0 Å². The summed E-state index contributed by atoms with van der Waals surface area (Å²) in [5, 5.41) is 2.70. The number of hydrogen-bond acceptors (Lipinski definition) is 4. The number of pyridine rings is 1. The fourth-order valence-electron chi connectivity index (χ4n) is 2.78. The molecule has 1 fully saturated rings. The first-order valence-corrected chi connectivity index (χ1v) is 7.30. The highest BCUT2D eigenvalue weighted by atomic mass is 16.2. The van der Waals surface area contributed by atoms with Crippen LogP contribution in [0.2, 0.25) is 0 Å². The number of rotatable bonds is 3. The van der Waals surface area contributed by atoms with Gasteiger partial charge in [0.05, 0.1) is 17.9 Å². The van der Waals surface area contributed by atoms with Crippen LogP contribution in [0.15, 0.2) is 18.3 Å². The van der Waals surface area contributed by atoms with Crippen molar-refractivity contribution in [2.45, 2.75) is 58.2 Å². The normalized spacial score (nSPS) is 24.3. The zero-order valence-corrected chi connectivity index (χ0v) is 12.5. The summed E-state index contributed by atoms with van der Waals surface area (Å²) < 4.78 is 0. The van der Waals surface area contributed by atoms with E-state index in [0.717, 1.165) is 5.69 Å². The fourth-order valence-corrected chi connectivity index (χ4v) is 2.78. The predicted octanol–water partition coefficient (Wildman–Crippen LogP) is 2.13. The number of carbonyl (C=O) groups excluding carboxylic acids is 1. The maximum absolute atomic E-state index is 11.5. The molecule has 1 amide bonds. The number of amides is 1. The first-order valence-electron chi connectivity index (χ1n) is 7.30. The van der Waals surface area contributed by atoms with Crippen molar-refractivity contribution in [3.8, 4) is 0 Å². The fraction of sp³-hybridized carbons (Fsp3) is 0.600. The minimum Gasteiger partial charge on any atom is -0.365 e. The zero-order chi connectivity index (χ0) is 14.7. The van der Waals surface area contributed by atoms with Gasteiger partial charge in [-0.15, -0.1) is 0 Å². The Morgan fingerprint density at radius 1 is 1.40 bits per heavy atom. The van der Waals surface area contributed by atoms with Crippen LogP contribution in [0, 0.1) is 0 Å². The quantitative estimate of drug-likeness (QED) is 0.887. The molecular formula is C15H24N4O. The Balaban J connectivity index is 2.09. The number of nitrogens with two attached hydrogens (primary N) is 1. The summed E-state index contributed by atoms with van der Waals surface area (Å²) in [6.07, 6.45) is 5.55. The van der Waals surface area contributed by atoms with E-state index in [0.29, 0.717) is 17.9 Å². The van der Waals surface area contributed by atoms with Gasteiger partial charge in [-0.3, -0.25) is 4.79 Å². The lowest BCUT2D eigenvalue weighted by Gasteiger charge is -2.40. The molecule has 20 heavy (non-hydrogen) atoms. The van der Waals surface area contributed by atoms with E-state index in [4.69, 9.17) is 5.73 Å². The van der Waals surface area contributed by atoms with E-state index in [9.17, 15) is 4.79 Å². The van der Waals surface area contributed by atoms with Crippen molar-refractivity contribution < 1.29 is 4.79 Å². The summed E-state index contributed by atoms with van der Waals surface area (Å²) in [5.41, 5.74) is 6.63. The molecule has 0 radical (unpaired) electrons. The summed E-state index contributed by atoms with van der Waals surface area (Å²) in [6, 6.07) is 4.39. The Bertz CT molecular complexity index is 447. The van der Waals surface area contributed by atoms with Crippen molar-refractivity contribution >= 4 is 17.4 Å². The van der Waals surface area contributed by atoms with Crippen LogP contribution in [0.3, 0.4) is 0 Å². The number of piperidine rings is 1. The van der Waals surface area contributed by atoms with Gasteiger partial charge in [-0.25, -0.2) is 4.98 Å². The lowest BCUT2D eigenvalue weighted by Crippen LogP contribution is -2.43. The molecule has 3 N–H and O–H groups in total. The van der Waals surface area contributed by atoms with Crippen LogP contribution in [0.5, 0.6) is 0 Å². The van der Waals surface area contributed by atoms with Crippen LogP contribution in [-0.2, 0) is 4.79 Å². The van der Waals surface area contributed by atoms with E-state index < -0.39 is 6.04 Å². The first-order chi connectivity index (χ1) is 9.49. The molecular weight excluding hydrogens is 252 g/mol. The van der Waals surface area contributed by atoms with Crippen molar-refractivity contribution in [1.29, 1.82) is 0 Å². The Hall–Kier alpha value is -1.62. The number of aromatic nitrogens is 1. The van der Waals surface area contributed by atoms with Gasteiger partial charge < -0.3 is 16.0 Å². The molecule has 1 aromatic rings. The Kier molecular flexibility index (Phi) is 4.60. The summed E-state index contributed by atoms with van der Waals surface area (Å²) in [7, 11) is 0. The van der Waals surface area contributed by atoms with Gasteiger partial charge in [0.1, 0.15) is 5.82 Å². The second-order valence-corrected chi connectivity index (χ2v) is 5.72. The molecule has 110 valence electrons. The summed E-state index contributed by atoms with van der Waals surface area (Å²) in [4.78, 5) is 18.2. The lowest BCUT2D eigenvalue weighted by atomic mass is 9.97. The zero-order valence-electron chi connectivity index (χ0n) is 12.5. The standard InChI is InChI=1S/C15H24N4O/c1-10-5-4-6-11(2)19(10)13-7-8-14(17-9-13)18-15(20)12(3)16/h7-12H,4-6,16H2,1-3H3,(H,17,18,20). The molecule has 0 aliphatic carbocycles. The maximum Gasteiger partial charge on any atom is 0.242 e. The van der Waals surface area contributed by atoms with Crippen LogP contribution >= 0.6 is 0 Å². The molecule has 0 saturated carbocycles. The molecule has 2 rings (SSSR count). The van der Waals surface area contributed by atoms with Crippen molar-refractivity contribution in [2.75, 3.05) is 10.2 Å². The van der Waals surface area contributed by atoms with Gasteiger partial charge in [0.2, 0.25) is 5.91 Å². The molecule has 1 aliphatic heterocycles. The first kappa shape index (κ1) is 14.8. The van der Waals surface area contributed by atoms with Gasteiger partial charge in [-0.1, -0.05) is 0 Å². The van der Waals surface area contributed by atoms with Gasteiger partial charge >= 0.3 is 0 Å². The van der Waals surface area contributed by atoms with Crippen LogP contribution in [-0.4, -0.2) is 29.0 Å². The number of carbonyl (C=O) groups is 1. The van der Waals surface area contributed by atoms with Gasteiger partial charge in [0, 0.05) is 12.1 Å². The molecule has 1 aromatic heterocycles. The lowest BCUT2D eigenvalue weighted by molar-refractivity contribution is -0.117. The van der Waals surface area contributed by atoms with E-state index in [1.807, 2.05) is 18.3 Å². The van der Waals surface area contributed by atoms with E-state index in [-0.39, 0.29) is 5.91 Å². The van der Waals surface area contributed by atoms with E-state index in [2.05, 4.69) is 29.0 Å². The highest BCUT2D eigenvalue weighted by Crippen LogP contribution is 2.28. The highest BCUT2D eigenvalue weighted by Gasteiger charge is 2.25. The third-order valence-corrected chi connectivity index (χ3v) is 3.90. The molecule has 3 atom stereocenters. The molecule has 2 heterocycles. The van der Waals surface area contributed by atoms with E-state index in [1.165, 1.54) is 19.3 Å². The van der Waals surface area contributed by atoms with Crippen molar-refractivity contribution in [3.63, 3.8) is 0 Å². The summed E-state index contributed by atoms with van der Waals surface area (Å²) in [5.74, 6) is 0.332. The third-order valence-electron chi connectivity index (χ3n) is 3.90. The van der Waals surface area contributed by atoms with Crippen molar-refractivity contribution in [1.82, 2.24) is 4.98 Å². The molecule has 3 unspecified atom stereocenters. The second-order valence-electron chi connectivity index (χ2n) is 5.72. The molecule has 5 heteroatoms. The van der Waals surface area contributed by atoms with Crippen LogP contribution < -0.4 is 16.0 Å². The molecule has 0 aromatic carbocycles. The number of nitrogens with one attached hydrogen (secondary N) is 1. The average Bonchev–Trinajstić information content (AvgIpc) is 2.40. The monoisotopic (exact) mass is 276 g/mol. The van der Waals surface area contributed by atoms with Crippen LogP contribution in [0.4, 0.5) is 11.5 Å². The molecule has 0 bridgehead atoms. The molecule has 1 aliphatic rings. The number of hydrogen-bond donors (Lipinski definition) is 2. The molecule has 1 saturated heterocycles. The molecule has 0 spiro atoms. The van der Waals surface area contributed by atoms with Crippen molar-refractivity contribution in [2.24, 2.45) is 5.73 Å². The van der Waals surface area contributed by atoms with Gasteiger partial charge in [0.25, 0.3) is 0 Å². The Morgan fingerprint density at radius 3 is 2.55 bits per heavy atom. The highest BCUT2D eigenvalue weighted by molar-refractivity contribution is 5.93.